The molecule has 2 nitrogen and oxygen atoms in total. The van der Waals surface area contributed by atoms with Crippen molar-refractivity contribution in [2.75, 3.05) is 6.54 Å². The van der Waals surface area contributed by atoms with Crippen LogP contribution in [0.25, 0.3) is 0 Å². The van der Waals surface area contributed by atoms with E-state index in [2.05, 4.69) is 11.8 Å². The molecule has 0 radical (unpaired) electrons. The lowest BCUT2D eigenvalue weighted by molar-refractivity contribution is -0.00645. The van der Waals surface area contributed by atoms with Crippen molar-refractivity contribution in [3.05, 3.63) is 0 Å². The number of likely N-dealkylation sites (tertiary alicyclic amines) is 1. The minimum atomic E-state index is -0.0157. The van der Waals surface area contributed by atoms with Crippen molar-refractivity contribution in [1.29, 1.82) is 0 Å². The molecule has 5 atom stereocenters. The van der Waals surface area contributed by atoms with E-state index in [-0.39, 0.29) is 6.10 Å². The number of nitrogens with zero attached hydrogens (tertiary/aromatic N) is 1. The molecule has 3 aliphatic rings. The summed E-state index contributed by atoms with van der Waals surface area (Å²) >= 11 is 0. The zero-order valence-electron chi connectivity index (χ0n) is 13.3. The van der Waals surface area contributed by atoms with Crippen molar-refractivity contribution in [1.82, 2.24) is 4.90 Å². The molecule has 2 aliphatic carbocycles. The van der Waals surface area contributed by atoms with Gasteiger partial charge in [0.25, 0.3) is 0 Å². The van der Waals surface area contributed by atoms with Crippen LogP contribution in [0.2, 0.25) is 0 Å². The van der Waals surface area contributed by atoms with Crippen molar-refractivity contribution in [2.24, 2.45) is 11.8 Å². The third-order valence-electron chi connectivity index (χ3n) is 6.44. The smallest absolute Gasteiger partial charge is 0.0583 e. The number of hydrogen-bond donors (Lipinski definition) is 1. The van der Waals surface area contributed by atoms with Crippen molar-refractivity contribution < 1.29 is 5.11 Å². The molecule has 0 aromatic rings. The van der Waals surface area contributed by atoms with Gasteiger partial charge in [0.05, 0.1) is 6.10 Å². The molecule has 0 amide bonds. The van der Waals surface area contributed by atoms with Gasteiger partial charge in [0.1, 0.15) is 0 Å². The standard InChI is InChI=1S/C18H33NO/c1-2-14-8-3-5-10-16(14)19-13-7-11-17(19)15-9-4-6-12-18(15)20/h14-18,20H,2-13H2,1H3. The summed E-state index contributed by atoms with van der Waals surface area (Å²) < 4.78 is 0. The van der Waals surface area contributed by atoms with Crippen molar-refractivity contribution in [2.45, 2.75) is 95.7 Å². The monoisotopic (exact) mass is 279 g/mol. The maximum Gasteiger partial charge on any atom is 0.0583 e. The highest BCUT2D eigenvalue weighted by atomic mass is 16.3. The molecule has 1 N–H and O–H groups in total. The van der Waals surface area contributed by atoms with Gasteiger partial charge in [-0.15, -0.1) is 0 Å². The van der Waals surface area contributed by atoms with E-state index in [0.717, 1.165) is 18.4 Å². The number of rotatable bonds is 3. The Bertz CT molecular complexity index is 306. The van der Waals surface area contributed by atoms with Crippen LogP contribution < -0.4 is 0 Å². The fourth-order valence-corrected chi connectivity index (χ4v) is 5.38. The summed E-state index contributed by atoms with van der Waals surface area (Å²) in [6, 6.07) is 1.53. The lowest BCUT2D eigenvalue weighted by Crippen LogP contribution is -2.50. The lowest BCUT2D eigenvalue weighted by Gasteiger charge is -2.45. The molecule has 0 spiro atoms. The molecule has 0 bridgehead atoms. The number of aliphatic hydroxyl groups excluding tert-OH is 1. The van der Waals surface area contributed by atoms with Gasteiger partial charge in [-0.3, -0.25) is 4.90 Å². The Morgan fingerprint density at radius 1 is 0.850 bits per heavy atom. The Kier molecular flexibility index (Phi) is 5.04. The van der Waals surface area contributed by atoms with Gasteiger partial charge in [0.15, 0.2) is 0 Å². The zero-order chi connectivity index (χ0) is 13.9. The fourth-order valence-electron chi connectivity index (χ4n) is 5.38. The molecular formula is C18H33NO. The molecule has 1 heterocycles. The minimum Gasteiger partial charge on any atom is -0.393 e. The summed E-state index contributed by atoms with van der Waals surface area (Å²) in [4.78, 5) is 2.85. The van der Waals surface area contributed by atoms with Gasteiger partial charge in [-0.05, 0) is 51.0 Å². The Hall–Kier alpha value is -0.0800. The van der Waals surface area contributed by atoms with E-state index in [1.165, 1.54) is 70.8 Å². The van der Waals surface area contributed by atoms with Gasteiger partial charge in [-0.2, -0.15) is 0 Å². The zero-order valence-corrected chi connectivity index (χ0v) is 13.3. The molecule has 1 saturated heterocycles. The van der Waals surface area contributed by atoms with E-state index in [1.807, 2.05) is 0 Å². The first kappa shape index (κ1) is 14.8. The third kappa shape index (κ3) is 2.92. The van der Waals surface area contributed by atoms with Crippen LogP contribution >= 0.6 is 0 Å². The normalized spacial score (nSPS) is 43.8. The second-order valence-electron chi connectivity index (χ2n) is 7.48. The van der Waals surface area contributed by atoms with E-state index in [1.54, 1.807) is 0 Å². The van der Waals surface area contributed by atoms with Gasteiger partial charge >= 0.3 is 0 Å². The maximum absolute atomic E-state index is 10.4. The van der Waals surface area contributed by atoms with Crippen LogP contribution in [0.5, 0.6) is 0 Å². The Morgan fingerprint density at radius 2 is 1.55 bits per heavy atom. The molecule has 0 aromatic carbocycles. The fraction of sp³-hybridized carbons (Fsp3) is 1.00. The minimum absolute atomic E-state index is 0.0157. The van der Waals surface area contributed by atoms with Gasteiger partial charge in [0, 0.05) is 18.0 Å². The van der Waals surface area contributed by atoms with Crippen LogP contribution in [0.1, 0.15) is 77.6 Å². The second-order valence-corrected chi connectivity index (χ2v) is 7.48. The predicted molar refractivity (Wildman–Crippen MR) is 83.7 cm³/mol. The van der Waals surface area contributed by atoms with E-state index < -0.39 is 0 Å². The maximum atomic E-state index is 10.4. The Labute approximate surface area is 124 Å². The topological polar surface area (TPSA) is 23.5 Å². The van der Waals surface area contributed by atoms with Crippen molar-refractivity contribution in [3.63, 3.8) is 0 Å². The molecule has 20 heavy (non-hydrogen) atoms. The van der Waals surface area contributed by atoms with E-state index in [0.29, 0.717) is 12.0 Å². The molecule has 2 saturated carbocycles. The third-order valence-corrected chi connectivity index (χ3v) is 6.44. The summed E-state index contributed by atoms with van der Waals surface area (Å²) in [7, 11) is 0. The van der Waals surface area contributed by atoms with Crippen LogP contribution in [0.4, 0.5) is 0 Å². The summed E-state index contributed by atoms with van der Waals surface area (Å²) in [5, 5.41) is 10.4. The molecular weight excluding hydrogens is 246 g/mol. The Balaban J connectivity index is 1.70. The SMILES string of the molecule is CCC1CCCCC1N1CCCC1C1CCCCC1O. The van der Waals surface area contributed by atoms with Gasteiger partial charge in [-0.1, -0.05) is 39.0 Å². The summed E-state index contributed by atoms with van der Waals surface area (Å²) in [5.74, 6) is 1.50. The lowest BCUT2D eigenvalue weighted by atomic mass is 9.77. The van der Waals surface area contributed by atoms with E-state index >= 15 is 0 Å². The average molecular weight is 279 g/mol. The average Bonchev–Trinajstić information content (AvgIpc) is 2.96. The molecule has 5 unspecified atom stereocenters. The summed E-state index contributed by atoms with van der Waals surface area (Å²) in [5.41, 5.74) is 0. The first-order valence-electron chi connectivity index (χ1n) is 9.25. The molecule has 0 aromatic heterocycles. The van der Waals surface area contributed by atoms with Gasteiger partial charge in [-0.25, -0.2) is 0 Å². The summed E-state index contributed by atoms with van der Waals surface area (Å²) in [6.07, 6.45) is 14.7. The molecule has 1 aliphatic heterocycles. The highest BCUT2D eigenvalue weighted by Gasteiger charge is 2.41. The van der Waals surface area contributed by atoms with Gasteiger partial charge in [0.2, 0.25) is 0 Å². The number of aliphatic hydroxyl groups is 1. The predicted octanol–water partition coefficient (Wildman–Crippen LogP) is 3.97. The molecule has 3 fully saturated rings. The van der Waals surface area contributed by atoms with Crippen molar-refractivity contribution >= 4 is 0 Å². The molecule has 116 valence electrons. The van der Waals surface area contributed by atoms with Crippen LogP contribution in [0.3, 0.4) is 0 Å². The Morgan fingerprint density at radius 3 is 2.35 bits per heavy atom. The van der Waals surface area contributed by atoms with Crippen LogP contribution in [0, 0.1) is 11.8 Å². The highest BCUT2D eigenvalue weighted by Crippen LogP contribution is 2.40. The van der Waals surface area contributed by atoms with Crippen LogP contribution in [-0.4, -0.2) is 34.7 Å². The molecule has 2 heteroatoms. The van der Waals surface area contributed by atoms with Crippen LogP contribution in [-0.2, 0) is 0 Å². The van der Waals surface area contributed by atoms with Gasteiger partial charge < -0.3 is 5.11 Å². The van der Waals surface area contributed by atoms with Crippen molar-refractivity contribution in [3.8, 4) is 0 Å². The highest BCUT2D eigenvalue weighted by molar-refractivity contribution is 4.95. The molecule has 3 rings (SSSR count). The first-order chi connectivity index (χ1) is 9.81. The first-order valence-corrected chi connectivity index (χ1v) is 9.25. The van der Waals surface area contributed by atoms with E-state index in [9.17, 15) is 5.11 Å². The second kappa shape index (κ2) is 6.79. The summed E-state index contributed by atoms with van der Waals surface area (Å²) in [6.45, 7) is 3.68. The van der Waals surface area contributed by atoms with Crippen LogP contribution in [0.15, 0.2) is 0 Å². The largest absolute Gasteiger partial charge is 0.393 e. The number of hydrogen-bond acceptors (Lipinski definition) is 2. The van der Waals surface area contributed by atoms with E-state index in [4.69, 9.17) is 0 Å². The quantitative estimate of drug-likeness (QED) is 0.845.